The summed E-state index contributed by atoms with van der Waals surface area (Å²) < 4.78 is 0. The lowest BCUT2D eigenvalue weighted by atomic mass is 10.1. The third-order valence-corrected chi connectivity index (χ3v) is 6.91. The number of carbonyl (C=O) groups is 2. The normalized spacial score (nSPS) is 15.9. The fraction of sp³-hybridized carbons (Fsp3) is 0.261. The zero-order valence-electron chi connectivity index (χ0n) is 18.1. The van der Waals surface area contributed by atoms with Crippen molar-refractivity contribution >= 4 is 34.0 Å². The topological polar surface area (TPSA) is 99.9 Å². The summed E-state index contributed by atoms with van der Waals surface area (Å²) in [6.07, 6.45) is 0. The first-order valence-electron chi connectivity index (χ1n) is 10.6. The molecule has 0 unspecified atom stereocenters. The van der Waals surface area contributed by atoms with Crippen LogP contribution in [-0.4, -0.2) is 70.8 Å². The van der Waals surface area contributed by atoms with Crippen molar-refractivity contribution in [1.82, 2.24) is 14.8 Å². The van der Waals surface area contributed by atoms with E-state index in [9.17, 15) is 19.7 Å². The Balaban J connectivity index is 0.00000274. The molecule has 2 aromatic carbocycles. The molecule has 0 radical (unpaired) electrons. The number of amides is 2. The number of nitro benzene ring substituents is 1. The highest BCUT2D eigenvalue weighted by atomic mass is 35.5. The maximum Gasteiger partial charge on any atom is 0.270 e. The van der Waals surface area contributed by atoms with Crippen LogP contribution >= 0.6 is 11.3 Å². The highest BCUT2D eigenvalue weighted by molar-refractivity contribution is 7.14. The Labute approximate surface area is 206 Å². The van der Waals surface area contributed by atoms with E-state index in [2.05, 4.69) is 14.8 Å². The van der Waals surface area contributed by atoms with Crippen molar-refractivity contribution in [2.75, 3.05) is 44.2 Å². The standard InChI is InChI=1S/C23H21N5O4S.ClH/c29-21-18-6-1-2-7-19(18)22(30)27(21)13-10-25-8-11-26(12-9-25)23-24-20(15-33-23)16-4-3-5-17(14-16)28(31)32;/h1-7,14-15H,8-13H2;1H/p-1. The summed E-state index contributed by atoms with van der Waals surface area (Å²) >= 11 is 1.52. The molecular weight excluding hydrogens is 478 g/mol. The van der Waals surface area contributed by atoms with Crippen molar-refractivity contribution in [2.24, 2.45) is 0 Å². The van der Waals surface area contributed by atoms with Crippen LogP contribution in [0.5, 0.6) is 0 Å². The molecule has 9 nitrogen and oxygen atoms in total. The number of hydrogen-bond acceptors (Lipinski definition) is 8. The molecule has 3 heterocycles. The maximum absolute atomic E-state index is 12.5. The number of fused-ring (bicyclic) bond motifs is 1. The minimum Gasteiger partial charge on any atom is -1.00 e. The molecule has 1 saturated heterocycles. The molecule has 0 saturated carbocycles. The first-order chi connectivity index (χ1) is 16.0. The molecule has 0 bridgehead atoms. The van der Waals surface area contributed by atoms with Gasteiger partial charge in [-0.1, -0.05) is 24.3 Å². The fourth-order valence-corrected chi connectivity index (χ4v) is 5.06. The number of benzene rings is 2. The number of aromatic nitrogens is 1. The summed E-state index contributed by atoms with van der Waals surface area (Å²) in [5.74, 6) is -0.434. The molecule has 176 valence electrons. The maximum atomic E-state index is 12.5. The van der Waals surface area contributed by atoms with Crippen molar-refractivity contribution in [3.05, 3.63) is 75.2 Å². The van der Waals surface area contributed by atoms with Crippen LogP contribution in [0.3, 0.4) is 0 Å². The average Bonchev–Trinajstić information content (AvgIpc) is 3.43. The number of hydrogen-bond donors (Lipinski definition) is 0. The SMILES string of the molecule is O=C1c2ccccc2C(=O)N1CCN1CCN(c2nc(-c3cccc([N+](=O)[O-])c3)cs2)CC1.[Cl-]. The van der Waals surface area contributed by atoms with Crippen molar-refractivity contribution < 1.29 is 26.9 Å². The van der Waals surface area contributed by atoms with Crippen molar-refractivity contribution in [3.63, 3.8) is 0 Å². The number of thiazole rings is 1. The fourth-order valence-electron chi connectivity index (χ4n) is 4.17. The van der Waals surface area contributed by atoms with E-state index in [-0.39, 0.29) is 29.9 Å². The van der Waals surface area contributed by atoms with Gasteiger partial charge in [0.05, 0.1) is 21.7 Å². The van der Waals surface area contributed by atoms with Crippen LogP contribution in [0.1, 0.15) is 20.7 Å². The Morgan fingerprint density at radius 3 is 2.26 bits per heavy atom. The molecule has 0 atom stereocenters. The van der Waals surface area contributed by atoms with Gasteiger partial charge in [-0.2, -0.15) is 0 Å². The van der Waals surface area contributed by atoms with Gasteiger partial charge in [0, 0.05) is 62.3 Å². The Morgan fingerprint density at radius 1 is 0.941 bits per heavy atom. The van der Waals surface area contributed by atoms with Gasteiger partial charge in [0.1, 0.15) is 0 Å². The monoisotopic (exact) mass is 498 g/mol. The van der Waals surface area contributed by atoms with Gasteiger partial charge in [0.25, 0.3) is 17.5 Å². The third kappa shape index (κ3) is 4.52. The quantitative estimate of drug-likeness (QED) is 0.271. The van der Waals surface area contributed by atoms with E-state index in [0.29, 0.717) is 24.2 Å². The van der Waals surface area contributed by atoms with Gasteiger partial charge in [-0.3, -0.25) is 29.5 Å². The van der Waals surface area contributed by atoms with Crippen LogP contribution in [0.25, 0.3) is 11.3 Å². The minimum atomic E-state index is -0.405. The molecule has 1 fully saturated rings. The second-order valence-electron chi connectivity index (χ2n) is 7.96. The van der Waals surface area contributed by atoms with E-state index >= 15 is 0 Å². The van der Waals surface area contributed by atoms with Crippen LogP contribution in [-0.2, 0) is 0 Å². The summed E-state index contributed by atoms with van der Waals surface area (Å²) in [5.41, 5.74) is 2.47. The van der Waals surface area contributed by atoms with E-state index in [0.717, 1.165) is 42.6 Å². The van der Waals surface area contributed by atoms with E-state index in [1.54, 1.807) is 30.3 Å². The van der Waals surface area contributed by atoms with Crippen LogP contribution in [0.4, 0.5) is 10.8 Å². The van der Waals surface area contributed by atoms with E-state index < -0.39 is 4.92 Å². The zero-order chi connectivity index (χ0) is 22.9. The first kappa shape index (κ1) is 23.8. The summed E-state index contributed by atoms with van der Waals surface area (Å²) in [5, 5.41) is 13.8. The van der Waals surface area contributed by atoms with E-state index in [4.69, 9.17) is 0 Å². The first-order valence-corrected chi connectivity index (χ1v) is 11.5. The Morgan fingerprint density at radius 2 is 1.62 bits per heavy atom. The van der Waals surface area contributed by atoms with Crippen molar-refractivity contribution in [3.8, 4) is 11.3 Å². The van der Waals surface area contributed by atoms with Crippen molar-refractivity contribution in [2.45, 2.75) is 0 Å². The Kier molecular flexibility index (Phi) is 6.92. The van der Waals surface area contributed by atoms with Gasteiger partial charge in [-0.05, 0) is 12.1 Å². The van der Waals surface area contributed by atoms with Gasteiger partial charge in [0.15, 0.2) is 5.13 Å². The summed E-state index contributed by atoms with van der Waals surface area (Å²) in [4.78, 5) is 46.2. The van der Waals surface area contributed by atoms with Gasteiger partial charge in [0.2, 0.25) is 0 Å². The highest BCUT2D eigenvalue weighted by Crippen LogP contribution is 2.30. The lowest BCUT2D eigenvalue weighted by molar-refractivity contribution is -0.384. The number of nitro groups is 1. The molecule has 5 rings (SSSR count). The number of piperazine rings is 1. The second-order valence-corrected chi connectivity index (χ2v) is 8.80. The molecular formula is C23H21ClN5O4S-. The largest absolute Gasteiger partial charge is 1.00 e. The van der Waals surface area contributed by atoms with Gasteiger partial charge >= 0.3 is 0 Å². The van der Waals surface area contributed by atoms with Crippen molar-refractivity contribution in [1.29, 1.82) is 0 Å². The number of imide groups is 1. The molecule has 0 spiro atoms. The van der Waals surface area contributed by atoms with E-state index in [1.807, 2.05) is 11.4 Å². The highest BCUT2D eigenvalue weighted by Gasteiger charge is 2.35. The predicted octanol–water partition coefficient (Wildman–Crippen LogP) is 0.141. The average molecular weight is 499 g/mol. The molecule has 1 aromatic heterocycles. The third-order valence-electron chi connectivity index (χ3n) is 6.01. The van der Waals surface area contributed by atoms with Crippen LogP contribution < -0.4 is 17.3 Å². The molecule has 0 N–H and O–H groups in total. The number of halogens is 1. The lowest BCUT2D eigenvalue weighted by Gasteiger charge is -2.35. The number of rotatable bonds is 6. The lowest BCUT2D eigenvalue weighted by Crippen LogP contribution is -3.00. The molecule has 2 aliphatic heterocycles. The van der Waals surface area contributed by atoms with Gasteiger partial charge in [-0.15, -0.1) is 11.3 Å². The number of nitrogens with zero attached hydrogens (tertiary/aromatic N) is 5. The van der Waals surface area contributed by atoms with Crippen LogP contribution in [0, 0.1) is 10.1 Å². The number of non-ortho nitro benzene ring substituents is 1. The molecule has 0 aliphatic carbocycles. The smallest absolute Gasteiger partial charge is 0.270 e. The van der Waals surface area contributed by atoms with Crippen LogP contribution in [0.15, 0.2) is 53.9 Å². The second kappa shape index (κ2) is 9.88. The van der Waals surface area contributed by atoms with Gasteiger partial charge < -0.3 is 17.3 Å². The number of carbonyl (C=O) groups excluding carboxylic acids is 2. The zero-order valence-corrected chi connectivity index (χ0v) is 19.7. The van der Waals surface area contributed by atoms with Gasteiger partial charge in [-0.25, -0.2) is 4.98 Å². The summed E-state index contributed by atoms with van der Waals surface area (Å²) in [6.45, 7) is 4.18. The van der Waals surface area contributed by atoms with Crippen LogP contribution in [0.2, 0.25) is 0 Å². The predicted molar refractivity (Wildman–Crippen MR) is 125 cm³/mol. The Bertz CT molecular complexity index is 1210. The minimum absolute atomic E-state index is 0. The summed E-state index contributed by atoms with van der Waals surface area (Å²) in [6, 6.07) is 13.4. The molecule has 2 aliphatic rings. The molecule has 2 amide bonds. The molecule has 3 aromatic rings. The number of anilines is 1. The molecule has 34 heavy (non-hydrogen) atoms. The van der Waals surface area contributed by atoms with E-state index in [1.165, 1.54) is 28.4 Å². The summed E-state index contributed by atoms with van der Waals surface area (Å²) in [7, 11) is 0. The molecule has 11 heteroatoms. The Hall–Kier alpha value is -3.34.